The molecule has 0 radical (unpaired) electrons. The second-order valence-electron chi connectivity index (χ2n) is 5.20. The highest BCUT2D eigenvalue weighted by atomic mass is 32.2. The van der Waals surface area contributed by atoms with Gasteiger partial charge in [0.25, 0.3) is 5.91 Å². The minimum Gasteiger partial charge on any atom is -0.321 e. The molecule has 0 unspecified atom stereocenters. The fraction of sp³-hybridized carbons (Fsp3) is 0.267. The molecule has 0 saturated heterocycles. The van der Waals surface area contributed by atoms with E-state index in [9.17, 15) is 13.2 Å². The molecule has 118 valence electrons. The summed E-state index contributed by atoms with van der Waals surface area (Å²) in [5, 5.41) is 4.55. The number of rotatable bonds is 6. The number of hydrogen-bond donors (Lipinski definition) is 2. The minimum atomic E-state index is -3.50. The maximum Gasteiger partial charge on any atom is 0.265 e. The Hall–Kier alpha value is -1.70. The molecule has 0 aliphatic heterocycles. The van der Waals surface area contributed by atoms with Gasteiger partial charge in [0.1, 0.15) is 0 Å². The van der Waals surface area contributed by atoms with Gasteiger partial charge >= 0.3 is 0 Å². The first-order valence-corrected chi connectivity index (χ1v) is 9.19. The van der Waals surface area contributed by atoms with Crippen LogP contribution in [0.3, 0.4) is 0 Å². The molecule has 0 fully saturated rings. The Kier molecular flexibility index (Phi) is 5.33. The topological polar surface area (TPSA) is 75.3 Å². The van der Waals surface area contributed by atoms with Crippen molar-refractivity contribution in [2.24, 2.45) is 5.92 Å². The van der Waals surface area contributed by atoms with Crippen molar-refractivity contribution in [3.63, 3.8) is 0 Å². The van der Waals surface area contributed by atoms with E-state index in [-0.39, 0.29) is 16.7 Å². The van der Waals surface area contributed by atoms with Crippen LogP contribution in [-0.2, 0) is 10.0 Å². The van der Waals surface area contributed by atoms with Gasteiger partial charge < -0.3 is 5.32 Å². The predicted octanol–water partition coefficient (Wildman–Crippen LogP) is 2.93. The second kappa shape index (κ2) is 7.04. The fourth-order valence-corrected chi connectivity index (χ4v) is 3.51. The molecular weight excluding hydrogens is 320 g/mol. The minimum absolute atomic E-state index is 0.183. The molecule has 0 aliphatic carbocycles. The van der Waals surface area contributed by atoms with Crippen LogP contribution in [0.25, 0.3) is 0 Å². The molecule has 7 heteroatoms. The molecule has 1 amide bonds. The van der Waals surface area contributed by atoms with Crippen molar-refractivity contribution >= 4 is 33.0 Å². The summed E-state index contributed by atoms with van der Waals surface area (Å²) < 4.78 is 26.7. The van der Waals surface area contributed by atoms with E-state index in [4.69, 9.17) is 0 Å². The Labute approximate surface area is 134 Å². The first-order valence-electron chi connectivity index (χ1n) is 6.83. The molecule has 22 heavy (non-hydrogen) atoms. The van der Waals surface area contributed by atoms with E-state index in [1.807, 2.05) is 19.2 Å². The maximum atomic E-state index is 12.1. The quantitative estimate of drug-likeness (QED) is 0.850. The number of hydrogen-bond acceptors (Lipinski definition) is 4. The molecule has 0 spiro atoms. The number of carbonyl (C=O) groups excluding carboxylic acids is 1. The molecular formula is C15H18N2O3S2. The van der Waals surface area contributed by atoms with Gasteiger partial charge in [-0.05, 0) is 41.6 Å². The lowest BCUT2D eigenvalue weighted by atomic mass is 10.2. The lowest BCUT2D eigenvalue weighted by Crippen LogP contribution is -2.27. The predicted molar refractivity (Wildman–Crippen MR) is 88.7 cm³/mol. The Bertz CT molecular complexity index is 721. The van der Waals surface area contributed by atoms with Gasteiger partial charge in [-0.1, -0.05) is 19.9 Å². The van der Waals surface area contributed by atoms with E-state index in [1.165, 1.54) is 23.5 Å². The standard InChI is InChI=1S/C15H18N2O3S2/c1-11(2)10-16-22(19,20)13-7-5-12(6-8-13)17-15(18)14-4-3-9-21-14/h3-9,11,16H,10H2,1-2H3,(H,17,18). The van der Waals surface area contributed by atoms with Gasteiger partial charge in [-0.3, -0.25) is 4.79 Å². The zero-order chi connectivity index (χ0) is 16.2. The van der Waals surface area contributed by atoms with Crippen LogP contribution < -0.4 is 10.0 Å². The van der Waals surface area contributed by atoms with Crippen molar-refractivity contribution in [3.05, 3.63) is 46.7 Å². The summed E-state index contributed by atoms with van der Waals surface area (Å²) in [5.41, 5.74) is 0.557. The van der Waals surface area contributed by atoms with Crippen LogP contribution in [0.5, 0.6) is 0 Å². The number of benzene rings is 1. The van der Waals surface area contributed by atoms with Gasteiger partial charge in [-0.15, -0.1) is 11.3 Å². The van der Waals surface area contributed by atoms with Gasteiger partial charge in [-0.2, -0.15) is 0 Å². The average molecular weight is 338 g/mol. The Morgan fingerprint density at radius 1 is 1.18 bits per heavy atom. The SMILES string of the molecule is CC(C)CNS(=O)(=O)c1ccc(NC(=O)c2cccs2)cc1. The summed E-state index contributed by atoms with van der Waals surface area (Å²) in [6.45, 7) is 4.26. The summed E-state index contributed by atoms with van der Waals surface area (Å²) in [6.07, 6.45) is 0. The molecule has 1 heterocycles. The highest BCUT2D eigenvalue weighted by molar-refractivity contribution is 7.89. The molecule has 2 N–H and O–H groups in total. The molecule has 5 nitrogen and oxygen atoms in total. The number of sulfonamides is 1. The van der Waals surface area contributed by atoms with Crippen LogP contribution in [0.4, 0.5) is 5.69 Å². The van der Waals surface area contributed by atoms with Crippen LogP contribution >= 0.6 is 11.3 Å². The smallest absolute Gasteiger partial charge is 0.265 e. The van der Waals surface area contributed by atoms with Gasteiger partial charge in [0.2, 0.25) is 10.0 Å². The monoisotopic (exact) mass is 338 g/mol. The van der Waals surface area contributed by atoms with Crippen molar-refractivity contribution in [2.45, 2.75) is 18.7 Å². The lowest BCUT2D eigenvalue weighted by molar-refractivity contribution is 0.103. The van der Waals surface area contributed by atoms with Gasteiger partial charge in [0, 0.05) is 12.2 Å². The zero-order valence-electron chi connectivity index (χ0n) is 12.4. The Morgan fingerprint density at radius 3 is 2.41 bits per heavy atom. The van der Waals surface area contributed by atoms with Crippen molar-refractivity contribution in [1.82, 2.24) is 4.72 Å². The maximum absolute atomic E-state index is 12.1. The van der Waals surface area contributed by atoms with Crippen LogP contribution in [0, 0.1) is 5.92 Å². The lowest BCUT2D eigenvalue weighted by Gasteiger charge is -2.09. The Balaban J connectivity index is 2.05. The molecule has 0 atom stereocenters. The second-order valence-corrected chi connectivity index (χ2v) is 7.92. The van der Waals surface area contributed by atoms with Gasteiger partial charge in [0.15, 0.2) is 0 Å². The fourth-order valence-electron chi connectivity index (χ4n) is 1.68. The molecule has 0 saturated carbocycles. The van der Waals surface area contributed by atoms with Crippen LogP contribution in [-0.4, -0.2) is 20.9 Å². The van der Waals surface area contributed by atoms with Gasteiger partial charge in [-0.25, -0.2) is 13.1 Å². The number of amides is 1. The van der Waals surface area contributed by atoms with Crippen LogP contribution in [0.15, 0.2) is 46.7 Å². The van der Waals surface area contributed by atoms with Crippen LogP contribution in [0.1, 0.15) is 23.5 Å². The average Bonchev–Trinajstić information content (AvgIpc) is 3.00. The normalized spacial score (nSPS) is 11.6. The molecule has 1 aromatic heterocycles. The van der Waals surface area contributed by atoms with E-state index in [0.29, 0.717) is 17.1 Å². The van der Waals surface area contributed by atoms with Gasteiger partial charge in [0.05, 0.1) is 9.77 Å². The summed E-state index contributed by atoms with van der Waals surface area (Å²) in [5.74, 6) is 0.0303. The largest absolute Gasteiger partial charge is 0.321 e. The van der Waals surface area contributed by atoms with Crippen molar-refractivity contribution in [2.75, 3.05) is 11.9 Å². The number of carbonyl (C=O) groups is 1. The third-order valence-corrected chi connectivity index (χ3v) is 5.16. The van der Waals surface area contributed by atoms with E-state index in [0.717, 1.165) is 0 Å². The molecule has 0 bridgehead atoms. The number of anilines is 1. The third-order valence-electron chi connectivity index (χ3n) is 2.85. The van der Waals surface area contributed by atoms with Crippen molar-refractivity contribution in [3.8, 4) is 0 Å². The highest BCUT2D eigenvalue weighted by Crippen LogP contribution is 2.16. The molecule has 2 aromatic rings. The van der Waals surface area contributed by atoms with E-state index in [1.54, 1.807) is 24.3 Å². The molecule has 2 rings (SSSR count). The van der Waals surface area contributed by atoms with Crippen molar-refractivity contribution < 1.29 is 13.2 Å². The summed E-state index contributed by atoms with van der Waals surface area (Å²) in [6, 6.07) is 9.65. The molecule has 1 aromatic carbocycles. The highest BCUT2D eigenvalue weighted by Gasteiger charge is 2.14. The van der Waals surface area contributed by atoms with Crippen LogP contribution in [0.2, 0.25) is 0 Å². The number of nitrogens with one attached hydrogen (secondary N) is 2. The van der Waals surface area contributed by atoms with Crippen molar-refractivity contribution in [1.29, 1.82) is 0 Å². The third kappa shape index (κ3) is 4.40. The van der Waals surface area contributed by atoms with E-state index < -0.39 is 10.0 Å². The first-order chi connectivity index (χ1) is 10.4. The summed E-state index contributed by atoms with van der Waals surface area (Å²) >= 11 is 1.35. The first kappa shape index (κ1) is 16.7. The van der Waals surface area contributed by atoms with E-state index >= 15 is 0 Å². The molecule has 0 aliphatic rings. The zero-order valence-corrected chi connectivity index (χ0v) is 14.0. The summed E-state index contributed by atoms with van der Waals surface area (Å²) in [7, 11) is -3.50. The number of thiophene rings is 1. The Morgan fingerprint density at radius 2 is 1.86 bits per heavy atom. The summed E-state index contributed by atoms with van der Waals surface area (Å²) in [4.78, 5) is 12.7. The van der Waals surface area contributed by atoms with E-state index in [2.05, 4.69) is 10.0 Å².